The Morgan fingerprint density at radius 1 is 0.941 bits per heavy atom. The molecule has 0 aliphatic carbocycles. The van der Waals surface area contributed by atoms with Gasteiger partial charge in [-0.3, -0.25) is 10.1 Å². The van der Waals surface area contributed by atoms with Crippen LogP contribution in [0.3, 0.4) is 0 Å². The van der Waals surface area contributed by atoms with Crippen LogP contribution in [0.15, 0.2) is 55.0 Å². The van der Waals surface area contributed by atoms with Gasteiger partial charge in [-0.15, -0.1) is 0 Å². The zero-order valence-electron chi connectivity index (χ0n) is 19.4. The van der Waals surface area contributed by atoms with Crippen molar-refractivity contribution in [3.63, 3.8) is 0 Å². The van der Waals surface area contributed by atoms with E-state index in [0.29, 0.717) is 0 Å². The average Bonchev–Trinajstić information content (AvgIpc) is 3.51. The van der Waals surface area contributed by atoms with Gasteiger partial charge < -0.3 is 15.2 Å². The third-order valence-corrected chi connectivity index (χ3v) is 6.71. The Labute approximate surface area is 198 Å². The first-order chi connectivity index (χ1) is 16.8. The first-order valence-electron chi connectivity index (χ1n) is 12.2. The summed E-state index contributed by atoms with van der Waals surface area (Å²) in [6.07, 6.45) is 9.52. The van der Waals surface area contributed by atoms with E-state index >= 15 is 0 Å². The lowest BCUT2D eigenvalue weighted by molar-refractivity contribution is 0.575. The highest BCUT2D eigenvalue weighted by molar-refractivity contribution is 6.00. The fraction of sp³-hybridized carbons (Fsp3) is 0.296. The van der Waals surface area contributed by atoms with Gasteiger partial charge in [0.25, 0.3) is 0 Å². The molecule has 1 fully saturated rings. The largest absolute Gasteiger partial charge is 0.356 e. The van der Waals surface area contributed by atoms with Crippen molar-refractivity contribution in [1.82, 2.24) is 30.5 Å². The lowest BCUT2D eigenvalue weighted by atomic mass is 10.0. The van der Waals surface area contributed by atoms with Crippen LogP contribution >= 0.6 is 0 Å². The predicted molar refractivity (Wildman–Crippen MR) is 138 cm³/mol. The minimum Gasteiger partial charge on any atom is -0.356 e. The average molecular weight is 452 g/mol. The molecule has 7 nitrogen and oxygen atoms in total. The number of nitrogens with one attached hydrogen (secondary N) is 3. The van der Waals surface area contributed by atoms with Gasteiger partial charge in [0.15, 0.2) is 0 Å². The molecule has 1 saturated heterocycles. The number of fused-ring (bicyclic) bond motifs is 2. The number of benzene rings is 1. The number of nitrogens with zero attached hydrogens (tertiary/aromatic N) is 4. The standard InChI is InChI=1S/C27H29N7/c1-2-28-15-18-12-20(17-29-16-18)19-6-7-24-21(13-19)26(33-32-24)25-14-22-23(31-25)8-9-30-27(22)34-10-4-3-5-11-34/h6-9,12-14,16-17,28,31H,2-5,10-11,15H2,1H3,(H,32,33). The topological polar surface area (TPSA) is 85.5 Å². The van der Waals surface area contributed by atoms with Gasteiger partial charge in [-0.2, -0.15) is 5.10 Å². The second kappa shape index (κ2) is 8.91. The number of anilines is 1. The van der Waals surface area contributed by atoms with Gasteiger partial charge in [-0.05, 0) is 67.3 Å². The molecule has 0 amide bonds. The van der Waals surface area contributed by atoms with Crippen molar-refractivity contribution in [2.45, 2.75) is 32.7 Å². The summed E-state index contributed by atoms with van der Waals surface area (Å²) in [5.74, 6) is 1.07. The van der Waals surface area contributed by atoms with E-state index in [1.807, 2.05) is 24.7 Å². The molecule has 3 N–H and O–H groups in total. The molecule has 0 bridgehead atoms. The SMILES string of the molecule is CCNCc1cncc(-c2ccc3[nH]nc(-c4cc5c(N6CCCCC6)nccc5[nH]4)c3c2)c1. The van der Waals surface area contributed by atoms with Gasteiger partial charge in [0.05, 0.1) is 16.7 Å². The van der Waals surface area contributed by atoms with E-state index in [4.69, 9.17) is 4.98 Å². The monoisotopic (exact) mass is 451 g/mol. The van der Waals surface area contributed by atoms with E-state index in [9.17, 15) is 0 Å². The summed E-state index contributed by atoms with van der Waals surface area (Å²) < 4.78 is 0. The number of hydrogen-bond acceptors (Lipinski definition) is 5. The second-order valence-electron chi connectivity index (χ2n) is 9.02. The van der Waals surface area contributed by atoms with Crippen LogP contribution in [0.25, 0.3) is 44.3 Å². The zero-order chi connectivity index (χ0) is 22.9. The Balaban J connectivity index is 1.40. The Morgan fingerprint density at radius 3 is 2.74 bits per heavy atom. The van der Waals surface area contributed by atoms with Crippen molar-refractivity contribution in [2.24, 2.45) is 0 Å². The van der Waals surface area contributed by atoms with Crippen LogP contribution in [0.5, 0.6) is 0 Å². The van der Waals surface area contributed by atoms with Crippen molar-refractivity contribution in [3.8, 4) is 22.5 Å². The summed E-state index contributed by atoms with van der Waals surface area (Å²) in [5, 5.41) is 13.5. The third kappa shape index (κ3) is 3.82. The number of H-pyrrole nitrogens is 2. The van der Waals surface area contributed by atoms with Crippen molar-refractivity contribution < 1.29 is 0 Å². The summed E-state index contributed by atoms with van der Waals surface area (Å²) >= 11 is 0. The van der Waals surface area contributed by atoms with Crippen molar-refractivity contribution in [1.29, 1.82) is 0 Å². The minimum absolute atomic E-state index is 0.818. The molecule has 5 aromatic rings. The van der Waals surface area contributed by atoms with Crippen LogP contribution < -0.4 is 10.2 Å². The number of hydrogen-bond donors (Lipinski definition) is 3. The minimum atomic E-state index is 0.818. The summed E-state index contributed by atoms with van der Waals surface area (Å²) in [5.41, 5.74) is 7.46. The number of pyridine rings is 2. The van der Waals surface area contributed by atoms with E-state index in [2.05, 4.69) is 67.6 Å². The third-order valence-electron chi connectivity index (χ3n) is 6.71. The highest BCUT2D eigenvalue weighted by Gasteiger charge is 2.18. The number of piperidine rings is 1. The van der Waals surface area contributed by atoms with E-state index in [1.54, 1.807) is 0 Å². The lowest BCUT2D eigenvalue weighted by Gasteiger charge is -2.28. The molecular formula is C27H29N7. The summed E-state index contributed by atoms with van der Waals surface area (Å²) in [6.45, 7) is 6.01. The summed E-state index contributed by atoms with van der Waals surface area (Å²) in [4.78, 5) is 15.2. The van der Waals surface area contributed by atoms with Crippen LogP contribution in [0.2, 0.25) is 0 Å². The normalized spacial score (nSPS) is 14.3. The van der Waals surface area contributed by atoms with Gasteiger partial charge in [-0.25, -0.2) is 4.98 Å². The van der Waals surface area contributed by atoms with E-state index in [1.165, 1.54) is 24.8 Å². The molecule has 172 valence electrons. The maximum atomic E-state index is 4.74. The van der Waals surface area contributed by atoms with Crippen LogP contribution in [-0.4, -0.2) is 44.8 Å². The molecule has 6 rings (SSSR count). The molecule has 0 unspecified atom stereocenters. The second-order valence-corrected chi connectivity index (χ2v) is 9.02. The Kier molecular flexibility index (Phi) is 5.47. The van der Waals surface area contributed by atoms with Gasteiger partial charge >= 0.3 is 0 Å². The van der Waals surface area contributed by atoms with E-state index in [0.717, 1.165) is 76.3 Å². The van der Waals surface area contributed by atoms with Crippen LogP contribution in [0.4, 0.5) is 5.82 Å². The zero-order valence-corrected chi connectivity index (χ0v) is 19.4. The van der Waals surface area contributed by atoms with Gasteiger partial charge in [0, 0.05) is 54.6 Å². The van der Waals surface area contributed by atoms with Crippen molar-refractivity contribution >= 4 is 27.6 Å². The first kappa shape index (κ1) is 20.9. The fourth-order valence-electron chi connectivity index (χ4n) is 4.93. The molecule has 7 heteroatoms. The lowest BCUT2D eigenvalue weighted by Crippen LogP contribution is -2.30. The van der Waals surface area contributed by atoms with E-state index < -0.39 is 0 Å². The van der Waals surface area contributed by atoms with E-state index in [-0.39, 0.29) is 0 Å². The molecule has 34 heavy (non-hydrogen) atoms. The first-order valence-corrected chi connectivity index (χ1v) is 12.2. The Morgan fingerprint density at radius 2 is 1.85 bits per heavy atom. The molecule has 0 spiro atoms. The van der Waals surface area contributed by atoms with Crippen molar-refractivity contribution in [3.05, 3.63) is 60.6 Å². The highest BCUT2D eigenvalue weighted by atomic mass is 15.2. The Bertz CT molecular complexity index is 1440. The molecule has 1 aromatic carbocycles. The maximum absolute atomic E-state index is 4.74. The van der Waals surface area contributed by atoms with Gasteiger partial charge in [-0.1, -0.05) is 13.0 Å². The highest BCUT2D eigenvalue weighted by Crippen LogP contribution is 2.34. The Hall–Kier alpha value is -3.71. The molecule has 5 heterocycles. The number of aromatic nitrogens is 5. The van der Waals surface area contributed by atoms with Crippen molar-refractivity contribution in [2.75, 3.05) is 24.5 Å². The molecular weight excluding hydrogens is 422 g/mol. The molecule has 4 aromatic heterocycles. The quantitative estimate of drug-likeness (QED) is 0.328. The molecule has 0 saturated carbocycles. The molecule has 0 radical (unpaired) electrons. The fourth-order valence-corrected chi connectivity index (χ4v) is 4.93. The smallest absolute Gasteiger partial charge is 0.137 e. The number of aromatic amines is 2. The molecule has 0 atom stereocenters. The van der Waals surface area contributed by atoms with Gasteiger partial charge in [0.2, 0.25) is 0 Å². The predicted octanol–water partition coefficient (Wildman–Crippen LogP) is 5.27. The maximum Gasteiger partial charge on any atom is 0.137 e. The molecule has 1 aliphatic heterocycles. The van der Waals surface area contributed by atoms with Crippen LogP contribution in [0, 0.1) is 0 Å². The van der Waals surface area contributed by atoms with Crippen LogP contribution in [0.1, 0.15) is 31.7 Å². The summed E-state index contributed by atoms with van der Waals surface area (Å²) in [7, 11) is 0. The summed E-state index contributed by atoms with van der Waals surface area (Å²) in [6, 6.07) is 12.9. The van der Waals surface area contributed by atoms with Gasteiger partial charge in [0.1, 0.15) is 11.5 Å². The number of rotatable bonds is 6. The molecule has 1 aliphatic rings. The van der Waals surface area contributed by atoms with Crippen LogP contribution in [-0.2, 0) is 6.54 Å².